The van der Waals surface area contributed by atoms with Gasteiger partial charge in [-0.3, -0.25) is 4.99 Å². The van der Waals surface area contributed by atoms with Crippen LogP contribution in [0.3, 0.4) is 0 Å². The number of fused-ring (bicyclic) bond motifs is 3. The largest absolute Gasteiger partial charge is 0.493 e. The zero-order valence-electron chi connectivity index (χ0n) is 20.0. The lowest BCUT2D eigenvalue weighted by Crippen LogP contribution is -2.31. The Labute approximate surface area is 198 Å². The molecule has 0 radical (unpaired) electrons. The van der Waals surface area contributed by atoms with Crippen molar-refractivity contribution in [3.63, 3.8) is 0 Å². The van der Waals surface area contributed by atoms with Gasteiger partial charge in [-0.1, -0.05) is 12.1 Å². The van der Waals surface area contributed by atoms with Crippen molar-refractivity contribution in [3.8, 4) is 11.5 Å². The van der Waals surface area contributed by atoms with E-state index in [1.165, 1.54) is 47.2 Å². The van der Waals surface area contributed by atoms with E-state index in [1.807, 2.05) is 0 Å². The van der Waals surface area contributed by atoms with E-state index < -0.39 is 0 Å². The molecule has 2 aromatic rings. The van der Waals surface area contributed by atoms with Crippen LogP contribution in [0.4, 0.5) is 5.69 Å². The molecule has 0 N–H and O–H groups in total. The zero-order chi connectivity index (χ0) is 21.8. The first-order valence-electron chi connectivity index (χ1n) is 11.6. The number of hydrogen-bond acceptors (Lipinski definition) is 4. The monoisotopic (exact) mass is 454 g/mol. The fraction of sp³-hybridized carbons (Fsp3) is 0.519. The lowest BCUT2D eigenvalue weighted by atomic mass is 9.81. The Bertz CT molecular complexity index is 1030. The van der Waals surface area contributed by atoms with Gasteiger partial charge in [0.15, 0.2) is 11.5 Å². The Hall–Kier alpha value is -2.20. The molecule has 1 fully saturated rings. The van der Waals surface area contributed by atoms with E-state index >= 15 is 0 Å². The van der Waals surface area contributed by atoms with Gasteiger partial charge in [-0.15, -0.1) is 12.4 Å². The van der Waals surface area contributed by atoms with Gasteiger partial charge >= 0.3 is 0 Å². The summed E-state index contributed by atoms with van der Waals surface area (Å²) >= 11 is 0. The van der Waals surface area contributed by atoms with Crippen molar-refractivity contribution in [1.29, 1.82) is 0 Å². The SMILES string of the molecule is COc1cc2c(c3c1OC(C)(C)C3)C(c1ccc(N3CCCCC3)cc1)=NC(C)(C)C2.Cl. The second-order valence-electron chi connectivity index (χ2n) is 10.5. The number of aliphatic imine (C=N–C) groups is 1. The van der Waals surface area contributed by atoms with Crippen molar-refractivity contribution in [1.82, 2.24) is 0 Å². The smallest absolute Gasteiger partial charge is 0.166 e. The second-order valence-corrected chi connectivity index (χ2v) is 10.5. The van der Waals surface area contributed by atoms with Crippen molar-refractivity contribution in [3.05, 3.63) is 52.6 Å². The van der Waals surface area contributed by atoms with E-state index in [4.69, 9.17) is 14.5 Å². The predicted molar refractivity (Wildman–Crippen MR) is 135 cm³/mol. The Morgan fingerprint density at radius 3 is 2.31 bits per heavy atom. The highest BCUT2D eigenvalue weighted by Crippen LogP contribution is 2.47. The van der Waals surface area contributed by atoms with Crippen LogP contribution in [-0.4, -0.2) is 37.1 Å². The van der Waals surface area contributed by atoms with Crippen molar-refractivity contribution in [2.75, 3.05) is 25.1 Å². The Balaban J connectivity index is 0.00000245. The van der Waals surface area contributed by atoms with Crippen LogP contribution >= 0.6 is 12.4 Å². The summed E-state index contributed by atoms with van der Waals surface area (Å²) in [5, 5.41) is 0. The molecule has 3 heterocycles. The third kappa shape index (κ3) is 4.10. The van der Waals surface area contributed by atoms with Gasteiger partial charge in [-0.25, -0.2) is 0 Å². The van der Waals surface area contributed by atoms with Crippen molar-refractivity contribution in [2.45, 2.75) is 70.9 Å². The summed E-state index contributed by atoms with van der Waals surface area (Å²) in [6.07, 6.45) is 5.71. The molecule has 5 heteroatoms. The summed E-state index contributed by atoms with van der Waals surface area (Å²) in [5.74, 6) is 1.74. The van der Waals surface area contributed by atoms with E-state index in [1.54, 1.807) is 7.11 Å². The van der Waals surface area contributed by atoms with Crippen LogP contribution < -0.4 is 14.4 Å². The van der Waals surface area contributed by atoms with Crippen molar-refractivity contribution < 1.29 is 9.47 Å². The maximum absolute atomic E-state index is 6.33. The van der Waals surface area contributed by atoms with Gasteiger partial charge in [0.25, 0.3) is 0 Å². The van der Waals surface area contributed by atoms with Crippen LogP contribution in [0, 0.1) is 0 Å². The quantitative estimate of drug-likeness (QED) is 0.571. The third-order valence-electron chi connectivity index (χ3n) is 6.76. The number of ether oxygens (including phenoxy) is 2. The molecule has 0 saturated carbocycles. The van der Waals surface area contributed by atoms with E-state index in [2.05, 4.69) is 62.9 Å². The summed E-state index contributed by atoms with van der Waals surface area (Å²) in [5.41, 5.74) is 7.03. The lowest BCUT2D eigenvalue weighted by Gasteiger charge is -2.31. The Kier molecular flexibility index (Phi) is 5.96. The summed E-state index contributed by atoms with van der Waals surface area (Å²) in [6, 6.07) is 11.2. The van der Waals surface area contributed by atoms with Gasteiger partial charge in [0.05, 0.1) is 18.4 Å². The maximum atomic E-state index is 6.33. The lowest BCUT2D eigenvalue weighted by molar-refractivity contribution is 0.134. The standard InChI is InChI=1S/C27H34N2O2.ClH/c1-26(2)16-19-15-22(30-5)25-21(17-27(3,4)31-25)23(19)24(28-26)18-9-11-20(12-10-18)29-13-7-6-8-14-29;/h9-12,15H,6-8,13-14,16-17H2,1-5H3;1H. The number of anilines is 1. The molecule has 32 heavy (non-hydrogen) atoms. The molecule has 1 saturated heterocycles. The number of nitrogens with zero attached hydrogens (tertiary/aromatic N) is 2. The van der Waals surface area contributed by atoms with Gasteiger partial charge in [0.2, 0.25) is 0 Å². The fourth-order valence-electron chi connectivity index (χ4n) is 5.41. The van der Waals surface area contributed by atoms with Gasteiger partial charge in [-0.2, -0.15) is 0 Å². The molecule has 4 nitrogen and oxygen atoms in total. The van der Waals surface area contributed by atoms with Crippen LogP contribution in [-0.2, 0) is 12.8 Å². The molecule has 0 bridgehead atoms. The minimum absolute atomic E-state index is 0. The highest BCUT2D eigenvalue weighted by atomic mass is 35.5. The van der Waals surface area contributed by atoms with E-state index in [0.717, 1.165) is 43.1 Å². The molecule has 0 spiro atoms. The summed E-state index contributed by atoms with van der Waals surface area (Å²) in [4.78, 5) is 7.76. The zero-order valence-corrected chi connectivity index (χ0v) is 20.8. The Morgan fingerprint density at radius 1 is 0.969 bits per heavy atom. The van der Waals surface area contributed by atoms with Gasteiger partial charge in [-0.05, 0) is 77.1 Å². The van der Waals surface area contributed by atoms with Gasteiger partial charge < -0.3 is 14.4 Å². The molecule has 0 amide bonds. The van der Waals surface area contributed by atoms with Gasteiger partial charge in [0, 0.05) is 41.9 Å². The molecule has 5 rings (SSSR count). The molecule has 3 aliphatic rings. The van der Waals surface area contributed by atoms with E-state index in [9.17, 15) is 0 Å². The number of rotatable bonds is 3. The highest BCUT2D eigenvalue weighted by molar-refractivity contribution is 6.16. The number of hydrogen-bond donors (Lipinski definition) is 0. The molecule has 172 valence electrons. The normalized spacial score (nSPS) is 20.4. The minimum Gasteiger partial charge on any atom is -0.493 e. The number of benzene rings is 2. The molecule has 0 atom stereocenters. The average molecular weight is 455 g/mol. The molecule has 2 aromatic carbocycles. The van der Waals surface area contributed by atoms with Crippen molar-refractivity contribution >= 4 is 23.8 Å². The van der Waals surface area contributed by atoms with Crippen molar-refractivity contribution in [2.24, 2.45) is 4.99 Å². The first-order chi connectivity index (χ1) is 14.8. The van der Waals surface area contributed by atoms with Crippen LogP contribution in [0.2, 0.25) is 0 Å². The summed E-state index contributed by atoms with van der Waals surface area (Å²) < 4.78 is 12.1. The number of halogens is 1. The first kappa shape index (κ1) is 23.0. The molecular weight excluding hydrogens is 420 g/mol. The minimum atomic E-state index is -0.235. The van der Waals surface area contributed by atoms with E-state index in [-0.39, 0.29) is 23.5 Å². The van der Waals surface area contributed by atoms with Crippen LogP contribution in [0.1, 0.15) is 69.2 Å². The highest BCUT2D eigenvalue weighted by Gasteiger charge is 2.39. The summed E-state index contributed by atoms with van der Waals surface area (Å²) in [7, 11) is 1.74. The molecule has 0 aromatic heterocycles. The molecule has 0 unspecified atom stereocenters. The molecule has 0 aliphatic carbocycles. The van der Waals surface area contributed by atoms with E-state index in [0.29, 0.717) is 0 Å². The predicted octanol–water partition coefficient (Wildman–Crippen LogP) is 5.99. The first-order valence-corrected chi connectivity index (χ1v) is 11.6. The van der Waals surface area contributed by atoms with Gasteiger partial charge in [0.1, 0.15) is 5.60 Å². The van der Waals surface area contributed by atoms with Crippen LogP contribution in [0.5, 0.6) is 11.5 Å². The van der Waals surface area contributed by atoms with Crippen LogP contribution in [0.25, 0.3) is 0 Å². The van der Waals surface area contributed by atoms with Crippen LogP contribution in [0.15, 0.2) is 35.3 Å². The number of methoxy groups -OCH3 is 1. The number of piperidine rings is 1. The average Bonchev–Trinajstić information content (AvgIpc) is 3.07. The molecule has 3 aliphatic heterocycles. The third-order valence-corrected chi connectivity index (χ3v) is 6.76. The topological polar surface area (TPSA) is 34.1 Å². The maximum Gasteiger partial charge on any atom is 0.166 e. The second kappa shape index (κ2) is 8.30. The fourth-order valence-corrected chi connectivity index (χ4v) is 5.41. The molecular formula is C27H35ClN2O2. The summed E-state index contributed by atoms with van der Waals surface area (Å²) in [6.45, 7) is 11.1. The Morgan fingerprint density at radius 2 is 1.66 bits per heavy atom.